The van der Waals surface area contributed by atoms with Gasteiger partial charge in [-0.15, -0.1) is 0 Å². The predicted molar refractivity (Wildman–Crippen MR) is 146 cm³/mol. The van der Waals surface area contributed by atoms with Gasteiger partial charge in [0.1, 0.15) is 18.4 Å². The van der Waals surface area contributed by atoms with Crippen LogP contribution in [0.5, 0.6) is 5.75 Å². The van der Waals surface area contributed by atoms with Crippen molar-refractivity contribution in [3.8, 4) is 5.75 Å². The Hall–Kier alpha value is -3.39. The highest BCUT2D eigenvalue weighted by Crippen LogP contribution is 2.39. The average Bonchev–Trinajstić information content (AvgIpc) is 2.96. The number of amides is 1. The molecule has 5 rings (SSSR count). The van der Waals surface area contributed by atoms with Crippen LogP contribution < -0.4 is 4.74 Å². The van der Waals surface area contributed by atoms with Crippen LogP contribution in [0.1, 0.15) is 54.0 Å². The van der Waals surface area contributed by atoms with Crippen LogP contribution in [-0.4, -0.2) is 45.2 Å². The topological polar surface area (TPSA) is 96.3 Å². The summed E-state index contributed by atoms with van der Waals surface area (Å²) in [4.78, 5) is 28.0. The monoisotopic (exact) mass is 549 g/mol. The average molecular weight is 550 g/mol. The number of halogens is 1. The van der Waals surface area contributed by atoms with Crippen LogP contribution in [0.15, 0.2) is 72.8 Å². The maximum atomic E-state index is 14.1. The lowest BCUT2D eigenvalue weighted by atomic mass is 9.91. The molecule has 204 valence electrons. The van der Waals surface area contributed by atoms with E-state index in [1.807, 2.05) is 66.7 Å². The number of aliphatic hydroxyl groups is 1. The second-order valence-corrected chi connectivity index (χ2v) is 10.6. The Morgan fingerprint density at radius 1 is 0.949 bits per heavy atom. The van der Waals surface area contributed by atoms with Crippen molar-refractivity contribution < 1.29 is 29.3 Å². The SMILES string of the molecule is O=C(O)[C@@H]1Cc2c(ccc(Cl)c2OCc2ccccc2)CN1C(=O)[C@@H](O[C@H]1CC[C@@H](O)CC1)c1ccccc1. The molecule has 1 fully saturated rings. The highest BCUT2D eigenvalue weighted by atomic mass is 35.5. The van der Waals surface area contributed by atoms with Crippen molar-refractivity contribution in [1.29, 1.82) is 0 Å². The standard InChI is InChI=1S/C31H32ClNO6/c32-26-16-11-22-18-33(27(31(36)37)17-25(22)29(26)38-19-20-7-3-1-4-8-20)30(35)28(21-9-5-2-6-10-21)39-24-14-12-23(34)13-15-24/h1-11,16,23-24,27-28,34H,12-15,17-19H2,(H,36,37)/t23-,24+,27-,28-/m0/s1. The summed E-state index contributed by atoms with van der Waals surface area (Å²) < 4.78 is 12.4. The summed E-state index contributed by atoms with van der Waals surface area (Å²) >= 11 is 6.51. The molecule has 0 saturated heterocycles. The number of aliphatic hydroxyl groups excluding tert-OH is 1. The fraction of sp³-hybridized carbons (Fsp3) is 0.355. The largest absolute Gasteiger partial charge is 0.487 e. The minimum atomic E-state index is -1.11. The first-order valence-electron chi connectivity index (χ1n) is 13.3. The Kier molecular flexibility index (Phi) is 8.50. The molecule has 2 aliphatic rings. The lowest BCUT2D eigenvalue weighted by molar-refractivity contribution is -0.161. The van der Waals surface area contributed by atoms with Gasteiger partial charge in [-0.2, -0.15) is 0 Å². The van der Waals surface area contributed by atoms with Gasteiger partial charge >= 0.3 is 5.97 Å². The van der Waals surface area contributed by atoms with E-state index in [1.165, 1.54) is 4.90 Å². The fourth-order valence-corrected chi connectivity index (χ4v) is 5.61. The molecular formula is C31H32ClNO6. The zero-order chi connectivity index (χ0) is 27.4. The summed E-state index contributed by atoms with van der Waals surface area (Å²) in [5.74, 6) is -1.05. The van der Waals surface area contributed by atoms with E-state index in [9.17, 15) is 19.8 Å². The van der Waals surface area contributed by atoms with Gasteiger partial charge in [-0.1, -0.05) is 78.3 Å². The molecule has 3 aromatic carbocycles. The number of carboxylic acids is 1. The molecule has 7 nitrogen and oxygen atoms in total. The molecule has 8 heteroatoms. The zero-order valence-corrected chi connectivity index (χ0v) is 22.3. The Labute approximate surface area is 232 Å². The zero-order valence-electron chi connectivity index (χ0n) is 21.5. The molecular weight excluding hydrogens is 518 g/mol. The van der Waals surface area contributed by atoms with Crippen LogP contribution in [0.2, 0.25) is 5.02 Å². The second-order valence-electron chi connectivity index (χ2n) is 10.2. The van der Waals surface area contributed by atoms with Gasteiger partial charge in [0.2, 0.25) is 0 Å². The summed E-state index contributed by atoms with van der Waals surface area (Å²) in [7, 11) is 0. The van der Waals surface area contributed by atoms with E-state index in [0.717, 1.165) is 11.1 Å². The smallest absolute Gasteiger partial charge is 0.326 e. The molecule has 39 heavy (non-hydrogen) atoms. The fourth-order valence-electron chi connectivity index (χ4n) is 5.38. The Morgan fingerprint density at radius 3 is 2.28 bits per heavy atom. The third kappa shape index (κ3) is 6.27. The number of fused-ring (bicyclic) bond motifs is 1. The number of hydrogen-bond donors (Lipinski definition) is 2. The summed E-state index contributed by atoms with van der Waals surface area (Å²) in [6.45, 7) is 0.386. The first-order valence-corrected chi connectivity index (χ1v) is 13.7. The first-order chi connectivity index (χ1) is 18.9. The van der Waals surface area contributed by atoms with Crippen molar-refractivity contribution >= 4 is 23.5 Å². The summed E-state index contributed by atoms with van der Waals surface area (Å²) in [5.41, 5.74) is 3.13. The number of ether oxygens (including phenoxy) is 2. The van der Waals surface area contributed by atoms with E-state index in [4.69, 9.17) is 21.1 Å². The van der Waals surface area contributed by atoms with Gasteiger partial charge in [0.15, 0.2) is 6.10 Å². The van der Waals surface area contributed by atoms with E-state index in [0.29, 0.717) is 47.6 Å². The van der Waals surface area contributed by atoms with Crippen LogP contribution >= 0.6 is 11.6 Å². The first kappa shape index (κ1) is 27.2. The molecule has 1 heterocycles. The highest BCUT2D eigenvalue weighted by molar-refractivity contribution is 6.32. The van der Waals surface area contributed by atoms with Crippen LogP contribution in [-0.2, 0) is 33.9 Å². The lowest BCUT2D eigenvalue weighted by Crippen LogP contribution is -2.51. The number of aliphatic carboxylic acids is 1. The molecule has 0 unspecified atom stereocenters. The van der Waals surface area contributed by atoms with Crippen molar-refractivity contribution in [2.45, 2.75) is 69.6 Å². The van der Waals surface area contributed by atoms with Gasteiger partial charge in [-0.05, 0) is 48.4 Å². The van der Waals surface area contributed by atoms with E-state index in [2.05, 4.69) is 0 Å². The molecule has 0 bridgehead atoms. The summed E-state index contributed by atoms with van der Waals surface area (Å²) in [6.07, 6.45) is 1.08. The maximum Gasteiger partial charge on any atom is 0.326 e. The van der Waals surface area contributed by atoms with Crippen LogP contribution in [0.25, 0.3) is 0 Å². The number of carbonyl (C=O) groups is 2. The molecule has 0 aromatic heterocycles. The van der Waals surface area contributed by atoms with Gasteiger partial charge in [0.25, 0.3) is 5.91 Å². The number of nitrogens with zero attached hydrogens (tertiary/aromatic N) is 1. The lowest BCUT2D eigenvalue weighted by Gasteiger charge is -2.38. The van der Waals surface area contributed by atoms with E-state index < -0.39 is 24.0 Å². The Bertz CT molecular complexity index is 1290. The Morgan fingerprint density at radius 2 is 1.62 bits per heavy atom. The second kappa shape index (κ2) is 12.2. The number of benzene rings is 3. The Balaban J connectivity index is 1.43. The van der Waals surface area contributed by atoms with E-state index >= 15 is 0 Å². The highest BCUT2D eigenvalue weighted by Gasteiger charge is 2.40. The minimum absolute atomic E-state index is 0.0677. The number of rotatable bonds is 8. The molecule has 0 radical (unpaired) electrons. The molecule has 0 spiro atoms. The van der Waals surface area contributed by atoms with E-state index in [1.54, 1.807) is 6.07 Å². The predicted octanol–water partition coefficient (Wildman–Crippen LogP) is 5.32. The third-order valence-electron chi connectivity index (χ3n) is 7.52. The molecule has 3 aromatic rings. The minimum Gasteiger partial charge on any atom is -0.487 e. The van der Waals surface area contributed by atoms with Gasteiger partial charge in [0.05, 0.1) is 17.2 Å². The molecule has 1 aliphatic heterocycles. The van der Waals surface area contributed by atoms with Crippen LogP contribution in [0.3, 0.4) is 0 Å². The van der Waals surface area contributed by atoms with Crippen molar-refractivity contribution in [3.05, 3.63) is 100 Å². The van der Waals surface area contributed by atoms with Crippen molar-refractivity contribution in [2.75, 3.05) is 0 Å². The van der Waals surface area contributed by atoms with E-state index in [-0.39, 0.29) is 31.8 Å². The summed E-state index contributed by atoms with van der Waals surface area (Å²) in [6, 6.07) is 21.3. The van der Waals surface area contributed by atoms with Gasteiger partial charge in [-0.3, -0.25) is 4.79 Å². The van der Waals surface area contributed by atoms with Gasteiger partial charge in [0, 0.05) is 18.5 Å². The molecule has 1 amide bonds. The number of carboxylic acid groups (broad SMARTS) is 1. The van der Waals surface area contributed by atoms with Crippen molar-refractivity contribution in [3.63, 3.8) is 0 Å². The van der Waals surface area contributed by atoms with Gasteiger partial charge < -0.3 is 24.6 Å². The third-order valence-corrected chi connectivity index (χ3v) is 7.81. The van der Waals surface area contributed by atoms with Crippen molar-refractivity contribution in [1.82, 2.24) is 4.90 Å². The maximum absolute atomic E-state index is 14.1. The molecule has 1 saturated carbocycles. The molecule has 2 atom stereocenters. The number of carbonyl (C=O) groups excluding carboxylic acids is 1. The van der Waals surface area contributed by atoms with Crippen LogP contribution in [0.4, 0.5) is 0 Å². The number of hydrogen-bond acceptors (Lipinski definition) is 5. The summed E-state index contributed by atoms with van der Waals surface area (Å²) in [5, 5.41) is 20.5. The van der Waals surface area contributed by atoms with Crippen LogP contribution in [0, 0.1) is 0 Å². The van der Waals surface area contributed by atoms with Crippen molar-refractivity contribution in [2.24, 2.45) is 0 Å². The molecule has 1 aliphatic carbocycles. The molecule has 2 N–H and O–H groups in total. The normalized spacial score (nSPS) is 21.6. The van der Waals surface area contributed by atoms with Gasteiger partial charge in [-0.25, -0.2) is 4.79 Å². The quantitative estimate of drug-likeness (QED) is 0.395.